The minimum absolute atomic E-state index is 0.0387. The highest BCUT2D eigenvalue weighted by Crippen LogP contribution is 2.30. The molecule has 1 aromatic heterocycles. The second-order valence-electron chi connectivity index (χ2n) is 10.4. The van der Waals surface area contributed by atoms with E-state index in [2.05, 4.69) is 48.0 Å². The quantitative estimate of drug-likeness (QED) is 0.462. The van der Waals surface area contributed by atoms with Gasteiger partial charge in [0.1, 0.15) is 5.82 Å². The predicted molar refractivity (Wildman–Crippen MR) is 137 cm³/mol. The standard InChI is InChI=1S/C26H33N5O2S/c1-18-6-12-22(13-7-18)34(32,33)30-20-10-8-19(9-11-20)24-27-15-14-23(29-24)28-21-16-25(2,3)31-26(4,5)17-21/h6-15,21,30-31H,16-17H2,1-5H3,(H,27,28,29). The molecule has 34 heavy (non-hydrogen) atoms. The van der Waals surface area contributed by atoms with Crippen LogP contribution in [0, 0.1) is 6.92 Å². The van der Waals surface area contributed by atoms with Crippen molar-refractivity contribution in [2.75, 3.05) is 10.0 Å². The van der Waals surface area contributed by atoms with Gasteiger partial charge in [0.15, 0.2) is 5.82 Å². The lowest BCUT2D eigenvalue weighted by molar-refractivity contribution is 0.170. The molecule has 1 aliphatic rings. The van der Waals surface area contributed by atoms with E-state index in [1.807, 2.05) is 25.1 Å². The highest BCUT2D eigenvalue weighted by molar-refractivity contribution is 7.92. The van der Waals surface area contributed by atoms with Crippen molar-refractivity contribution < 1.29 is 8.42 Å². The van der Waals surface area contributed by atoms with Gasteiger partial charge in [0, 0.05) is 34.6 Å². The maximum Gasteiger partial charge on any atom is 0.261 e. The molecule has 0 bridgehead atoms. The van der Waals surface area contributed by atoms with Crippen molar-refractivity contribution in [2.45, 2.75) is 69.5 Å². The maximum atomic E-state index is 12.6. The third kappa shape index (κ3) is 5.93. The zero-order valence-corrected chi connectivity index (χ0v) is 21.2. The average molecular weight is 480 g/mol. The number of sulfonamides is 1. The smallest absolute Gasteiger partial charge is 0.261 e. The average Bonchev–Trinajstić information content (AvgIpc) is 2.72. The van der Waals surface area contributed by atoms with Crippen molar-refractivity contribution in [2.24, 2.45) is 0 Å². The lowest BCUT2D eigenvalue weighted by Gasteiger charge is -2.46. The molecule has 3 N–H and O–H groups in total. The van der Waals surface area contributed by atoms with Crippen LogP contribution in [0.15, 0.2) is 65.7 Å². The Morgan fingerprint density at radius 3 is 2.15 bits per heavy atom. The fourth-order valence-electron chi connectivity index (χ4n) is 4.83. The molecule has 0 radical (unpaired) electrons. The second-order valence-corrected chi connectivity index (χ2v) is 12.1. The highest BCUT2D eigenvalue weighted by atomic mass is 32.2. The van der Waals surface area contributed by atoms with Crippen molar-refractivity contribution in [3.05, 3.63) is 66.4 Å². The number of hydrogen-bond acceptors (Lipinski definition) is 6. The van der Waals surface area contributed by atoms with Gasteiger partial charge >= 0.3 is 0 Å². The number of hydrogen-bond donors (Lipinski definition) is 3. The first kappa shape index (κ1) is 24.2. The fourth-order valence-corrected chi connectivity index (χ4v) is 5.89. The Balaban J connectivity index is 1.47. The summed E-state index contributed by atoms with van der Waals surface area (Å²) in [6.45, 7) is 10.8. The molecule has 8 heteroatoms. The minimum Gasteiger partial charge on any atom is -0.367 e. The molecule has 7 nitrogen and oxygen atoms in total. The molecule has 180 valence electrons. The van der Waals surface area contributed by atoms with Crippen LogP contribution in [0.1, 0.15) is 46.1 Å². The van der Waals surface area contributed by atoms with E-state index in [0.29, 0.717) is 17.6 Å². The molecule has 3 aromatic rings. The molecule has 0 unspecified atom stereocenters. The fraction of sp³-hybridized carbons (Fsp3) is 0.385. The first-order chi connectivity index (χ1) is 15.9. The molecule has 0 spiro atoms. The summed E-state index contributed by atoms with van der Waals surface area (Å²) in [6, 6.07) is 16.0. The maximum absolute atomic E-state index is 12.6. The number of aryl methyl sites for hydroxylation is 1. The highest BCUT2D eigenvalue weighted by Gasteiger charge is 2.37. The molecule has 1 saturated heterocycles. The van der Waals surface area contributed by atoms with Crippen LogP contribution in [0.5, 0.6) is 0 Å². The Morgan fingerprint density at radius 1 is 0.912 bits per heavy atom. The van der Waals surface area contributed by atoms with Gasteiger partial charge in [-0.15, -0.1) is 0 Å². The van der Waals surface area contributed by atoms with Crippen molar-refractivity contribution in [1.82, 2.24) is 15.3 Å². The van der Waals surface area contributed by atoms with E-state index >= 15 is 0 Å². The third-order valence-corrected chi connectivity index (χ3v) is 7.32. The van der Waals surface area contributed by atoms with Gasteiger partial charge in [-0.3, -0.25) is 4.72 Å². The van der Waals surface area contributed by atoms with Crippen molar-refractivity contribution in [1.29, 1.82) is 0 Å². The second kappa shape index (κ2) is 9.00. The number of nitrogens with one attached hydrogen (secondary N) is 3. The van der Waals surface area contributed by atoms with Gasteiger partial charge in [-0.2, -0.15) is 0 Å². The molecule has 2 heterocycles. The monoisotopic (exact) mass is 479 g/mol. The van der Waals surface area contributed by atoms with Gasteiger partial charge < -0.3 is 10.6 Å². The van der Waals surface area contributed by atoms with E-state index in [4.69, 9.17) is 4.98 Å². The first-order valence-corrected chi connectivity index (χ1v) is 13.0. The lowest BCUT2D eigenvalue weighted by Crippen LogP contribution is -2.60. The van der Waals surface area contributed by atoms with Gasteiger partial charge in [-0.25, -0.2) is 18.4 Å². The Bertz CT molecular complexity index is 1240. The van der Waals surface area contributed by atoms with Crippen molar-refractivity contribution >= 4 is 21.5 Å². The van der Waals surface area contributed by atoms with Crippen LogP contribution in [0.2, 0.25) is 0 Å². The Labute approximate surface area is 202 Å². The van der Waals surface area contributed by atoms with Gasteiger partial charge in [0.2, 0.25) is 0 Å². The Kier molecular flexibility index (Phi) is 6.40. The molecule has 0 atom stereocenters. The SMILES string of the molecule is Cc1ccc(S(=O)(=O)Nc2ccc(-c3nccc(NC4CC(C)(C)NC(C)(C)C4)n3)cc2)cc1. The number of rotatable bonds is 6. The van der Waals surface area contributed by atoms with E-state index in [9.17, 15) is 8.42 Å². The van der Waals surface area contributed by atoms with Crippen LogP contribution in [0.25, 0.3) is 11.4 Å². The van der Waals surface area contributed by atoms with Crippen LogP contribution in [0.4, 0.5) is 11.5 Å². The topological polar surface area (TPSA) is 96.0 Å². The molecule has 4 rings (SSSR count). The number of aromatic nitrogens is 2. The summed E-state index contributed by atoms with van der Waals surface area (Å²) >= 11 is 0. The summed E-state index contributed by atoms with van der Waals surface area (Å²) in [7, 11) is -3.65. The predicted octanol–water partition coefficient (Wildman–Crippen LogP) is 4.97. The summed E-state index contributed by atoms with van der Waals surface area (Å²) in [6.07, 6.45) is 3.73. The molecule has 0 saturated carbocycles. The van der Waals surface area contributed by atoms with Gasteiger partial charge in [0.25, 0.3) is 10.0 Å². The summed E-state index contributed by atoms with van der Waals surface area (Å²) < 4.78 is 27.9. The third-order valence-electron chi connectivity index (χ3n) is 5.92. The number of nitrogens with zero attached hydrogens (tertiary/aromatic N) is 2. The number of anilines is 2. The molecule has 2 aromatic carbocycles. The van der Waals surface area contributed by atoms with Crippen LogP contribution >= 0.6 is 0 Å². The summed E-state index contributed by atoms with van der Waals surface area (Å²) in [4.78, 5) is 9.36. The normalized spacial score (nSPS) is 17.8. The molecule has 0 aliphatic carbocycles. The molecular weight excluding hydrogens is 446 g/mol. The van der Waals surface area contributed by atoms with Crippen LogP contribution in [0.3, 0.4) is 0 Å². The van der Waals surface area contributed by atoms with E-state index < -0.39 is 10.0 Å². The Morgan fingerprint density at radius 2 is 1.53 bits per heavy atom. The van der Waals surface area contributed by atoms with Crippen LogP contribution in [-0.4, -0.2) is 35.5 Å². The van der Waals surface area contributed by atoms with Gasteiger partial charge in [0.05, 0.1) is 4.90 Å². The number of piperidine rings is 1. The van der Waals surface area contributed by atoms with Gasteiger partial charge in [-0.1, -0.05) is 17.7 Å². The zero-order chi connectivity index (χ0) is 24.6. The molecule has 1 aliphatic heterocycles. The number of benzene rings is 2. The van der Waals surface area contributed by atoms with Gasteiger partial charge in [-0.05, 0) is 89.9 Å². The lowest BCUT2D eigenvalue weighted by atomic mass is 9.79. The largest absolute Gasteiger partial charge is 0.367 e. The molecule has 0 amide bonds. The molecule has 1 fully saturated rings. The van der Waals surface area contributed by atoms with E-state index in [-0.39, 0.29) is 16.0 Å². The zero-order valence-electron chi connectivity index (χ0n) is 20.4. The minimum atomic E-state index is -3.65. The van der Waals surface area contributed by atoms with Crippen molar-refractivity contribution in [3.8, 4) is 11.4 Å². The molecular formula is C26H33N5O2S. The van der Waals surface area contributed by atoms with Crippen LogP contribution < -0.4 is 15.4 Å². The van der Waals surface area contributed by atoms with E-state index in [1.165, 1.54) is 0 Å². The van der Waals surface area contributed by atoms with Crippen LogP contribution in [-0.2, 0) is 10.0 Å². The van der Waals surface area contributed by atoms with E-state index in [0.717, 1.165) is 29.8 Å². The summed E-state index contributed by atoms with van der Waals surface area (Å²) in [5.41, 5.74) is 2.38. The van der Waals surface area contributed by atoms with Crippen molar-refractivity contribution in [3.63, 3.8) is 0 Å². The first-order valence-electron chi connectivity index (χ1n) is 11.5. The Hall–Kier alpha value is -2.97. The summed E-state index contributed by atoms with van der Waals surface area (Å²) in [5, 5.41) is 7.28. The summed E-state index contributed by atoms with van der Waals surface area (Å²) in [5.74, 6) is 1.37. The van der Waals surface area contributed by atoms with E-state index in [1.54, 1.807) is 42.6 Å².